The number of ether oxygens (including phenoxy) is 1. The molecule has 0 atom stereocenters. The SMILES string of the molecule is C=C1N(C)c2cnc(Nc3ccc(C(=O)NN4CCN(C)CC4)cc3OC)nc2N(C2CCCCC2)CC1(C)C. The average molecular weight is 549 g/mol. The molecule has 0 bridgehead atoms. The molecule has 1 aromatic heterocycles. The Morgan fingerprint density at radius 2 is 1.82 bits per heavy atom. The van der Waals surface area contributed by atoms with Crippen molar-refractivity contribution in [3.8, 4) is 5.75 Å². The maximum Gasteiger partial charge on any atom is 0.265 e. The summed E-state index contributed by atoms with van der Waals surface area (Å²) in [6.07, 6.45) is 8.02. The fourth-order valence-corrected chi connectivity index (χ4v) is 5.94. The summed E-state index contributed by atoms with van der Waals surface area (Å²) in [6.45, 7) is 13.2. The number of hydrogen-bond acceptors (Lipinski definition) is 9. The molecule has 10 nitrogen and oxygen atoms in total. The normalized spacial score (nSPS) is 20.6. The molecule has 1 saturated heterocycles. The predicted molar refractivity (Wildman–Crippen MR) is 160 cm³/mol. The van der Waals surface area contributed by atoms with E-state index >= 15 is 0 Å². The van der Waals surface area contributed by atoms with Gasteiger partial charge in [-0.3, -0.25) is 10.2 Å². The van der Waals surface area contributed by atoms with Crippen LogP contribution < -0.4 is 25.3 Å². The second-order valence-corrected chi connectivity index (χ2v) is 12.0. The Morgan fingerprint density at radius 3 is 2.52 bits per heavy atom. The van der Waals surface area contributed by atoms with Gasteiger partial charge in [-0.15, -0.1) is 0 Å². The molecular weight excluding hydrogens is 504 g/mol. The van der Waals surface area contributed by atoms with Crippen molar-refractivity contribution in [2.24, 2.45) is 5.41 Å². The minimum Gasteiger partial charge on any atom is -0.495 e. The number of carbonyl (C=O) groups excluding carboxylic acids is 1. The van der Waals surface area contributed by atoms with Crippen LogP contribution in [0, 0.1) is 5.41 Å². The number of anilines is 4. The largest absolute Gasteiger partial charge is 0.495 e. The first-order valence-electron chi connectivity index (χ1n) is 14.4. The fraction of sp³-hybridized carbons (Fsp3) is 0.567. The number of likely N-dealkylation sites (N-methyl/N-ethyl adjacent to an activating group) is 1. The highest BCUT2D eigenvalue weighted by molar-refractivity contribution is 5.95. The highest BCUT2D eigenvalue weighted by Crippen LogP contribution is 2.43. The van der Waals surface area contributed by atoms with Crippen LogP contribution in [0.4, 0.5) is 23.1 Å². The third kappa shape index (κ3) is 5.88. The minimum absolute atomic E-state index is 0.107. The standard InChI is InChI=1S/C30H44N8O2/c1-21-30(2,3)20-38(23-10-8-7-9-11-23)27-25(36(21)5)19-31-29(33-27)32-24-13-12-22(18-26(24)40-6)28(39)34-37-16-14-35(4)15-17-37/h12-13,18-19,23H,1,7-11,14-17,20H2,2-6H3,(H,34,39)(H,31,32,33). The molecular formula is C30H44N8O2. The van der Waals surface area contributed by atoms with Crippen LogP contribution in [-0.4, -0.2) is 85.8 Å². The zero-order chi connectivity index (χ0) is 28.4. The van der Waals surface area contributed by atoms with E-state index in [0.29, 0.717) is 29.0 Å². The van der Waals surface area contributed by atoms with Gasteiger partial charge in [0.1, 0.15) is 11.4 Å². The lowest BCUT2D eigenvalue weighted by Gasteiger charge is -2.39. The molecule has 0 spiro atoms. The summed E-state index contributed by atoms with van der Waals surface area (Å²) in [5.41, 5.74) is 6.18. The molecule has 0 radical (unpaired) electrons. The number of carbonyl (C=O) groups is 1. The van der Waals surface area contributed by atoms with Gasteiger partial charge in [-0.05, 0) is 38.1 Å². The number of benzene rings is 1. The van der Waals surface area contributed by atoms with Gasteiger partial charge < -0.3 is 24.8 Å². The number of aromatic nitrogens is 2. The predicted octanol–water partition coefficient (Wildman–Crippen LogP) is 4.25. The second-order valence-electron chi connectivity index (χ2n) is 12.0. The summed E-state index contributed by atoms with van der Waals surface area (Å²) in [5, 5.41) is 5.32. The van der Waals surface area contributed by atoms with E-state index in [9.17, 15) is 4.79 Å². The number of piperazine rings is 1. The van der Waals surface area contributed by atoms with Crippen molar-refractivity contribution >= 4 is 29.0 Å². The fourth-order valence-electron chi connectivity index (χ4n) is 5.94. The van der Waals surface area contributed by atoms with Gasteiger partial charge in [0.25, 0.3) is 5.91 Å². The molecule has 216 valence electrons. The van der Waals surface area contributed by atoms with Crippen LogP contribution in [0.15, 0.2) is 36.7 Å². The summed E-state index contributed by atoms with van der Waals surface area (Å²) < 4.78 is 5.67. The number of amides is 1. The van der Waals surface area contributed by atoms with Gasteiger partial charge in [0, 0.05) is 62.5 Å². The van der Waals surface area contributed by atoms with E-state index in [1.54, 1.807) is 19.2 Å². The third-order valence-electron chi connectivity index (χ3n) is 8.62. The lowest BCUT2D eigenvalue weighted by molar-refractivity contribution is 0.0662. The maximum absolute atomic E-state index is 12.9. The van der Waals surface area contributed by atoms with Gasteiger partial charge in [-0.1, -0.05) is 39.7 Å². The highest BCUT2D eigenvalue weighted by Gasteiger charge is 2.38. The molecule has 5 rings (SSSR count). The topological polar surface area (TPSA) is 89.1 Å². The number of nitrogens with one attached hydrogen (secondary N) is 2. The van der Waals surface area contributed by atoms with Crippen molar-refractivity contribution in [3.05, 3.63) is 42.2 Å². The molecule has 2 aliphatic heterocycles. The van der Waals surface area contributed by atoms with Crippen LogP contribution in [0.1, 0.15) is 56.3 Å². The lowest BCUT2D eigenvalue weighted by Crippen LogP contribution is -2.52. The van der Waals surface area contributed by atoms with Crippen LogP contribution in [0.3, 0.4) is 0 Å². The Morgan fingerprint density at radius 1 is 1.10 bits per heavy atom. The molecule has 1 aliphatic carbocycles. The summed E-state index contributed by atoms with van der Waals surface area (Å²) in [4.78, 5) is 29.6. The molecule has 3 aliphatic rings. The second kappa shape index (κ2) is 11.6. The van der Waals surface area contributed by atoms with Crippen LogP contribution in [0.5, 0.6) is 5.75 Å². The van der Waals surface area contributed by atoms with Crippen molar-refractivity contribution in [1.82, 2.24) is 25.3 Å². The maximum atomic E-state index is 12.9. The number of hydrazine groups is 1. The monoisotopic (exact) mass is 548 g/mol. The van der Waals surface area contributed by atoms with Crippen molar-refractivity contribution in [3.63, 3.8) is 0 Å². The van der Waals surface area contributed by atoms with E-state index in [1.165, 1.54) is 32.1 Å². The first-order valence-corrected chi connectivity index (χ1v) is 14.4. The molecule has 40 heavy (non-hydrogen) atoms. The first-order chi connectivity index (χ1) is 19.2. The van der Waals surface area contributed by atoms with Crippen LogP contribution in [0.25, 0.3) is 0 Å². The third-order valence-corrected chi connectivity index (χ3v) is 8.62. The van der Waals surface area contributed by atoms with E-state index < -0.39 is 0 Å². The van der Waals surface area contributed by atoms with Crippen molar-refractivity contribution in [2.45, 2.75) is 52.0 Å². The van der Waals surface area contributed by atoms with E-state index in [4.69, 9.17) is 9.72 Å². The molecule has 1 aromatic carbocycles. The zero-order valence-electron chi connectivity index (χ0n) is 24.7. The molecule has 3 heterocycles. The highest BCUT2D eigenvalue weighted by atomic mass is 16.5. The molecule has 2 N–H and O–H groups in total. The van der Waals surface area contributed by atoms with Gasteiger partial charge in [0.05, 0.1) is 19.0 Å². The van der Waals surface area contributed by atoms with E-state index in [1.807, 2.05) is 17.3 Å². The van der Waals surface area contributed by atoms with E-state index in [2.05, 4.69) is 64.9 Å². The average Bonchev–Trinajstić information content (AvgIpc) is 3.03. The van der Waals surface area contributed by atoms with Gasteiger partial charge in [0.15, 0.2) is 5.82 Å². The van der Waals surface area contributed by atoms with Gasteiger partial charge in [0.2, 0.25) is 5.95 Å². The van der Waals surface area contributed by atoms with Gasteiger partial charge in [-0.25, -0.2) is 9.99 Å². The number of methoxy groups -OCH3 is 1. The smallest absolute Gasteiger partial charge is 0.265 e. The van der Waals surface area contributed by atoms with Gasteiger partial charge >= 0.3 is 0 Å². The number of fused-ring (bicyclic) bond motifs is 1. The number of hydrogen-bond donors (Lipinski definition) is 2. The summed E-state index contributed by atoms with van der Waals surface area (Å²) in [6, 6.07) is 5.85. The van der Waals surface area contributed by atoms with Crippen LogP contribution >= 0.6 is 0 Å². The Kier molecular flexibility index (Phi) is 8.19. The summed E-state index contributed by atoms with van der Waals surface area (Å²) in [5.74, 6) is 1.83. The van der Waals surface area contributed by atoms with Gasteiger partial charge in [-0.2, -0.15) is 4.98 Å². The van der Waals surface area contributed by atoms with E-state index in [0.717, 1.165) is 49.9 Å². The number of rotatable bonds is 6. The minimum atomic E-state index is -0.148. The molecule has 2 fully saturated rings. The van der Waals surface area contributed by atoms with Crippen molar-refractivity contribution in [2.75, 3.05) is 69.0 Å². The summed E-state index contributed by atoms with van der Waals surface area (Å²) >= 11 is 0. The molecule has 10 heteroatoms. The lowest BCUT2D eigenvalue weighted by atomic mass is 9.87. The Balaban J connectivity index is 1.39. The number of nitrogens with zero attached hydrogens (tertiary/aromatic N) is 6. The molecule has 0 unspecified atom stereocenters. The summed E-state index contributed by atoms with van der Waals surface area (Å²) in [7, 11) is 5.75. The van der Waals surface area contributed by atoms with Crippen molar-refractivity contribution < 1.29 is 9.53 Å². The molecule has 1 saturated carbocycles. The quantitative estimate of drug-likeness (QED) is 0.550. The first kappa shape index (κ1) is 28.2. The van der Waals surface area contributed by atoms with Crippen LogP contribution in [-0.2, 0) is 0 Å². The Hall–Kier alpha value is -3.37. The molecule has 1 amide bonds. The Bertz CT molecular complexity index is 1230. The van der Waals surface area contributed by atoms with Crippen LogP contribution in [0.2, 0.25) is 0 Å². The van der Waals surface area contributed by atoms with E-state index in [-0.39, 0.29) is 11.3 Å². The van der Waals surface area contributed by atoms with Crippen molar-refractivity contribution in [1.29, 1.82) is 0 Å². The Labute approximate surface area is 238 Å². The zero-order valence-corrected chi connectivity index (χ0v) is 24.7. The molecule has 2 aromatic rings.